The summed E-state index contributed by atoms with van der Waals surface area (Å²) >= 11 is 0. The van der Waals surface area contributed by atoms with E-state index in [1.165, 1.54) is 13.2 Å². The molecule has 0 aromatic heterocycles. The van der Waals surface area contributed by atoms with Crippen LogP contribution in [0.1, 0.15) is 27.2 Å². The Bertz CT molecular complexity index is 176. The van der Waals surface area contributed by atoms with Crippen molar-refractivity contribution in [3.8, 4) is 0 Å². The van der Waals surface area contributed by atoms with Crippen LogP contribution in [0.25, 0.3) is 0 Å². The van der Waals surface area contributed by atoms with Crippen LogP contribution in [0, 0.1) is 5.92 Å². The Balaban J connectivity index is 3.62. The molecule has 1 N–H and O–H groups in total. The third-order valence-electron chi connectivity index (χ3n) is 1.63. The van der Waals surface area contributed by atoms with Gasteiger partial charge in [-0.2, -0.15) is 0 Å². The van der Waals surface area contributed by atoms with E-state index in [0.717, 1.165) is 6.42 Å². The maximum Gasteiger partial charge on any atom is 0.331 e. The molecule has 0 aliphatic rings. The summed E-state index contributed by atoms with van der Waals surface area (Å²) in [6, 6.07) is 0.390. The SMILES string of the molecule is COC(=O)/C=C/NC(C)CC(C)C. The van der Waals surface area contributed by atoms with Crippen molar-refractivity contribution in [3.63, 3.8) is 0 Å². The van der Waals surface area contributed by atoms with E-state index in [4.69, 9.17) is 0 Å². The van der Waals surface area contributed by atoms with E-state index in [-0.39, 0.29) is 5.97 Å². The third-order valence-corrected chi connectivity index (χ3v) is 1.63. The second-order valence-corrected chi connectivity index (χ2v) is 3.55. The molecule has 0 heterocycles. The van der Waals surface area contributed by atoms with Crippen LogP contribution >= 0.6 is 0 Å². The van der Waals surface area contributed by atoms with Gasteiger partial charge in [0.05, 0.1) is 7.11 Å². The molecule has 0 aromatic carbocycles. The Hall–Kier alpha value is -0.990. The first-order valence-electron chi connectivity index (χ1n) is 4.56. The van der Waals surface area contributed by atoms with Gasteiger partial charge in [0.1, 0.15) is 0 Å². The Morgan fingerprint density at radius 2 is 2.08 bits per heavy atom. The molecule has 0 aromatic rings. The van der Waals surface area contributed by atoms with Crippen LogP contribution in [-0.2, 0) is 9.53 Å². The van der Waals surface area contributed by atoms with Gasteiger partial charge in [-0.1, -0.05) is 13.8 Å². The number of carbonyl (C=O) groups is 1. The largest absolute Gasteiger partial charge is 0.466 e. The molecule has 13 heavy (non-hydrogen) atoms. The monoisotopic (exact) mass is 185 g/mol. The third kappa shape index (κ3) is 7.37. The molecule has 3 nitrogen and oxygen atoms in total. The number of rotatable bonds is 5. The van der Waals surface area contributed by atoms with Crippen molar-refractivity contribution >= 4 is 5.97 Å². The number of hydrogen-bond acceptors (Lipinski definition) is 3. The molecule has 0 amide bonds. The van der Waals surface area contributed by atoms with Crippen LogP contribution in [0.15, 0.2) is 12.3 Å². The smallest absolute Gasteiger partial charge is 0.331 e. The highest BCUT2D eigenvalue weighted by atomic mass is 16.5. The summed E-state index contributed by atoms with van der Waals surface area (Å²) in [6.45, 7) is 6.42. The number of hydrogen-bond donors (Lipinski definition) is 1. The molecule has 1 unspecified atom stereocenters. The van der Waals surface area contributed by atoms with Gasteiger partial charge in [-0.25, -0.2) is 4.79 Å². The number of methoxy groups -OCH3 is 1. The molecule has 0 fully saturated rings. The molecule has 0 spiro atoms. The van der Waals surface area contributed by atoms with Gasteiger partial charge >= 0.3 is 5.97 Å². The zero-order valence-electron chi connectivity index (χ0n) is 8.83. The van der Waals surface area contributed by atoms with Crippen molar-refractivity contribution in [2.24, 2.45) is 5.92 Å². The second kappa shape index (κ2) is 6.52. The fraction of sp³-hybridized carbons (Fsp3) is 0.700. The molecule has 76 valence electrons. The van der Waals surface area contributed by atoms with Gasteiger partial charge < -0.3 is 10.1 Å². The summed E-state index contributed by atoms with van der Waals surface area (Å²) in [7, 11) is 1.37. The molecule has 0 aliphatic carbocycles. The van der Waals surface area contributed by atoms with E-state index in [2.05, 4.69) is 30.8 Å². The maximum atomic E-state index is 10.7. The van der Waals surface area contributed by atoms with Gasteiger partial charge in [-0.05, 0) is 19.3 Å². The molecule has 3 heteroatoms. The highest BCUT2D eigenvalue weighted by molar-refractivity contribution is 5.81. The lowest BCUT2D eigenvalue weighted by molar-refractivity contribution is -0.134. The predicted octanol–water partition coefficient (Wildman–Crippen LogP) is 1.70. The normalized spacial score (nSPS) is 13.3. The molecule has 0 aliphatic heterocycles. The van der Waals surface area contributed by atoms with E-state index in [9.17, 15) is 4.79 Å². The fourth-order valence-corrected chi connectivity index (χ4v) is 1.12. The Morgan fingerprint density at radius 3 is 2.54 bits per heavy atom. The molecule has 0 radical (unpaired) electrons. The molecule has 1 atom stereocenters. The van der Waals surface area contributed by atoms with Gasteiger partial charge in [-0.3, -0.25) is 0 Å². The first-order chi connectivity index (χ1) is 6.06. The van der Waals surface area contributed by atoms with Crippen molar-refractivity contribution in [2.45, 2.75) is 33.2 Å². The van der Waals surface area contributed by atoms with Crippen LogP contribution in [0.5, 0.6) is 0 Å². The average Bonchev–Trinajstić information content (AvgIpc) is 2.02. The van der Waals surface area contributed by atoms with Gasteiger partial charge in [-0.15, -0.1) is 0 Å². The summed E-state index contributed by atoms with van der Waals surface area (Å²) in [5.41, 5.74) is 0. The summed E-state index contributed by atoms with van der Waals surface area (Å²) < 4.78 is 4.45. The highest BCUT2D eigenvalue weighted by Gasteiger charge is 2.01. The van der Waals surface area contributed by atoms with Crippen molar-refractivity contribution < 1.29 is 9.53 Å². The van der Waals surface area contributed by atoms with E-state index < -0.39 is 0 Å². The topological polar surface area (TPSA) is 38.3 Å². The van der Waals surface area contributed by atoms with Crippen molar-refractivity contribution in [2.75, 3.05) is 7.11 Å². The summed E-state index contributed by atoms with van der Waals surface area (Å²) in [6.07, 6.45) is 4.11. The summed E-state index contributed by atoms with van der Waals surface area (Å²) in [4.78, 5) is 10.7. The molecular formula is C10H19NO2. The van der Waals surface area contributed by atoms with E-state index in [1.807, 2.05) is 0 Å². The number of esters is 1. The first-order valence-corrected chi connectivity index (χ1v) is 4.56. The van der Waals surface area contributed by atoms with Crippen LogP contribution in [0.3, 0.4) is 0 Å². The van der Waals surface area contributed by atoms with E-state index >= 15 is 0 Å². The van der Waals surface area contributed by atoms with E-state index in [1.54, 1.807) is 6.20 Å². The lowest BCUT2D eigenvalue weighted by Gasteiger charge is -2.13. The Kier molecular flexibility index (Phi) is 6.02. The molecule has 0 rings (SSSR count). The van der Waals surface area contributed by atoms with Crippen LogP contribution in [0.2, 0.25) is 0 Å². The number of carbonyl (C=O) groups excluding carboxylic acids is 1. The molecular weight excluding hydrogens is 166 g/mol. The highest BCUT2D eigenvalue weighted by Crippen LogP contribution is 2.03. The Labute approximate surface area is 80.2 Å². The minimum Gasteiger partial charge on any atom is -0.466 e. The van der Waals surface area contributed by atoms with Crippen molar-refractivity contribution in [1.82, 2.24) is 5.32 Å². The zero-order chi connectivity index (χ0) is 10.3. The van der Waals surface area contributed by atoms with Gasteiger partial charge in [0, 0.05) is 18.3 Å². The van der Waals surface area contributed by atoms with Crippen molar-refractivity contribution in [1.29, 1.82) is 0 Å². The van der Waals surface area contributed by atoms with Crippen molar-refractivity contribution in [3.05, 3.63) is 12.3 Å². The quantitative estimate of drug-likeness (QED) is 0.523. The molecule has 0 bridgehead atoms. The first kappa shape index (κ1) is 12.0. The maximum absolute atomic E-state index is 10.7. The lowest BCUT2D eigenvalue weighted by atomic mass is 10.1. The minimum atomic E-state index is -0.329. The lowest BCUT2D eigenvalue weighted by Crippen LogP contribution is -2.22. The molecule has 0 saturated heterocycles. The van der Waals surface area contributed by atoms with Gasteiger partial charge in [0.2, 0.25) is 0 Å². The minimum absolute atomic E-state index is 0.329. The fourth-order valence-electron chi connectivity index (χ4n) is 1.12. The zero-order valence-corrected chi connectivity index (χ0v) is 8.83. The Morgan fingerprint density at radius 1 is 1.46 bits per heavy atom. The van der Waals surface area contributed by atoms with Gasteiger partial charge in [0.25, 0.3) is 0 Å². The van der Waals surface area contributed by atoms with E-state index in [0.29, 0.717) is 12.0 Å². The van der Waals surface area contributed by atoms with Crippen LogP contribution in [-0.4, -0.2) is 19.1 Å². The van der Waals surface area contributed by atoms with Crippen LogP contribution < -0.4 is 5.32 Å². The second-order valence-electron chi connectivity index (χ2n) is 3.55. The van der Waals surface area contributed by atoms with Gasteiger partial charge in [0.15, 0.2) is 0 Å². The standard InChI is InChI=1S/C10H19NO2/c1-8(2)7-9(3)11-6-5-10(12)13-4/h5-6,8-9,11H,7H2,1-4H3/b6-5+. The number of ether oxygens (including phenoxy) is 1. The summed E-state index contributed by atoms with van der Waals surface area (Å²) in [5.74, 6) is 0.332. The average molecular weight is 185 g/mol. The summed E-state index contributed by atoms with van der Waals surface area (Å²) in [5, 5.41) is 3.10. The number of nitrogens with one attached hydrogen (secondary N) is 1. The molecule has 0 saturated carbocycles. The predicted molar refractivity (Wildman–Crippen MR) is 53.2 cm³/mol. The van der Waals surface area contributed by atoms with Crippen LogP contribution in [0.4, 0.5) is 0 Å².